The van der Waals surface area contributed by atoms with Crippen LogP contribution in [0.5, 0.6) is 11.6 Å². The fourth-order valence-electron chi connectivity index (χ4n) is 4.01. The molecule has 37 heavy (non-hydrogen) atoms. The standard InChI is InChI=1S/C24H22F4N4O4S/c1-13-18(21(33)29-14-6-4-7-15(12-14)37(3,34)35)22(32-31-19(13)24(26,27)28)36-16-8-9-17(30-20(16)25)23(2)10-5-11-23/h4,6-9,12H,5,10-11H2,1-3H3,(H,29,33). The number of benzene rings is 1. The van der Waals surface area contributed by atoms with E-state index in [-0.39, 0.29) is 16.0 Å². The van der Waals surface area contributed by atoms with Crippen molar-refractivity contribution in [2.45, 2.75) is 49.6 Å². The molecule has 2 aromatic heterocycles. The second-order valence-corrected chi connectivity index (χ2v) is 11.1. The van der Waals surface area contributed by atoms with E-state index in [4.69, 9.17) is 4.74 Å². The number of hydrogen-bond donors (Lipinski definition) is 1. The average Bonchev–Trinajstić information content (AvgIpc) is 2.77. The molecule has 0 radical (unpaired) electrons. The molecule has 1 aliphatic carbocycles. The van der Waals surface area contributed by atoms with Crippen LogP contribution in [0.15, 0.2) is 41.3 Å². The minimum Gasteiger partial charge on any atom is -0.432 e. The van der Waals surface area contributed by atoms with E-state index in [1.165, 1.54) is 24.3 Å². The van der Waals surface area contributed by atoms with Crippen molar-refractivity contribution < 1.29 is 35.5 Å². The van der Waals surface area contributed by atoms with Crippen molar-refractivity contribution in [1.29, 1.82) is 0 Å². The van der Waals surface area contributed by atoms with Gasteiger partial charge in [-0.15, -0.1) is 10.2 Å². The molecule has 0 aliphatic heterocycles. The van der Waals surface area contributed by atoms with Crippen molar-refractivity contribution in [3.63, 3.8) is 0 Å². The van der Waals surface area contributed by atoms with Crippen LogP contribution in [-0.2, 0) is 21.4 Å². The monoisotopic (exact) mass is 538 g/mol. The van der Waals surface area contributed by atoms with Gasteiger partial charge in [0.1, 0.15) is 5.56 Å². The summed E-state index contributed by atoms with van der Waals surface area (Å²) >= 11 is 0. The van der Waals surface area contributed by atoms with Crippen LogP contribution in [0.2, 0.25) is 0 Å². The van der Waals surface area contributed by atoms with Gasteiger partial charge in [-0.25, -0.2) is 13.4 Å². The Bertz CT molecular complexity index is 1490. The first-order valence-corrected chi connectivity index (χ1v) is 13.0. The van der Waals surface area contributed by atoms with Crippen molar-refractivity contribution >= 4 is 21.4 Å². The summed E-state index contributed by atoms with van der Waals surface area (Å²) in [6.07, 6.45) is -1.30. The molecule has 1 N–H and O–H groups in total. The second-order valence-electron chi connectivity index (χ2n) is 9.11. The number of aromatic nitrogens is 3. The molecule has 196 valence electrons. The Morgan fingerprint density at radius 2 is 1.84 bits per heavy atom. The molecule has 13 heteroatoms. The number of amides is 1. The van der Waals surface area contributed by atoms with Crippen molar-refractivity contribution in [3.8, 4) is 11.6 Å². The normalized spacial score (nSPS) is 15.1. The summed E-state index contributed by atoms with van der Waals surface area (Å²) in [7, 11) is -3.62. The summed E-state index contributed by atoms with van der Waals surface area (Å²) in [6.45, 7) is 2.95. The molecule has 1 fully saturated rings. The Morgan fingerprint density at radius 1 is 1.14 bits per heavy atom. The van der Waals surface area contributed by atoms with Crippen molar-refractivity contribution in [3.05, 3.63) is 64.9 Å². The largest absolute Gasteiger partial charge is 0.435 e. The molecular weight excluding hydrogens is 516 g/mol. The SMILES string of the molecule is Cc1c(C(F)(F)F)nnc(Oc2ccc(C3(C)CCC3)nc2F)c1C(=O)Nc1cccc(S(C)(=O)=O)c1. The van der Waals surface area contributed by atoms with Gasteiger partial charge in [-0.2, -0.15) is 17.6 Å². The topological polar surface area (TPSA) is 111 Å². The molecule has 1 aromatic carbocycles. The second kappa shape index (κ2) is 9.36. The average molecular weight is 539 g/mol. The first-order chi connectivity index (χ1) is 17.2. The molecule has 0 spiro atoms. The zero-order valence-electron chi connectivity index (χ0n) is 20.0. The third-order valence-corrected chi connectivity index (χ3v) is 7.41. The lowest BCUT2D eigenvalue weighted by Gasteiger charge is -2.37. The van der Waals surface area contributed by atoms with Crippen LogP contribution in [0.4, 0.5) is 23.2 Å². The maximum absolute atomic E-state index is 14.8. The Kier molecular flexibility index (Phi) is 6.69. The highest BCUT2D eigenvalue weighted by atomic mass is 32.2. The van der Waals surface area contributed by atoms with Crippen LogP contribution >= 0.6 is 0 Å². The van der Waals surface area contributed by atoms with E-state index in [1.807, 2.05) is 6.92 Å². The molecule has 1 aliphatic rings. The number of carbonyl (C=O) groups is 1. The number of hydrogen-bond acceptors (Lipinski definition) is 7. The summed E-state index contributed by atoms with van der Waals surface area (Å²) in [4.78, 5) is 16.9. The van der Waals surface area contributed by atoms with E-state index in [0.717, 1.165) is 38.5 Å². The molecule has 1 saturated carbocycles. The lowest BCUT2D eigenvalue weighted by Crippen LogP contribution is -2.31. The zero-order chi connectivity index (χ0) is 27.2. The summed E-state index contributed by atoms with van der Waals surface area (Å²) in [6, 6.07) is 7.97. The minimum atomic E-state index is -4.94. The molecule has 0 atom stereocenters. The molecule has 3 aromatic rings. The van der Waals surface area contributed by atoms with Crippen LogP contribution in [0, 0.1) is 12.9 Å². The van der Waals surface area contributed by atoms with E-state index in [0.29, 0.717) is 5.69 Å². The first kappa shape index (κ1) is 26.5. The van der Waals surface area contributed by atoms with Crippen LogP contribution in [0.1, 0.15) is 53.5 Å². The zero-order valence-corrected chi connectivity index (χ0v) is 20.8. The van der Waals surface area contributed by atoms with Crippen LogP contribution in [0.25, 0.3) is 0 Å². The molecule has 2 heterocycles. The van der Waals surface area contributed by atoms with Crippen LogP contribution < -0.4 is 10.1 Å². The summed E-state index contributed by atoms with van der Waals surface area (Å²) in [5.41, 5.74) is -2.45. The minimum absolute atomic E-state index is 0.00501. The number of alkyl halides is 3. The number of carbonyl (C=O) groups excluding carboxylic acids is 1. The fourth-order valence-corrected chi connectivity index (χ4v) is 4.67. The van der Waals surface area contributed by atoms with Crippen molar-refractivity contribution in [2.24, 2.45) is 0 Å². The highest BCUT2D eigenvalue weighted by molar-refractivity contribution is 7.90. The van der Waals surface area contributed by atoms with Crippen molar-refractivity contribution in [2.75, 3.05) is 11.6 Å². The Morgan fingerprint density at radius 3 is 2.41 bits per heavy atom. The van der Waals surface area contributed by atoms with Gasteiger partial charge >= 0.3 is 6.18 Å². The molecule has 4 rings (SSSR count). The molecule has 8 nitrogen and oxygen atoms in total. The fraction of sp³-hybridized carbons (Fsp3) is 0.333. The number of rotatable bonds is 6. The first-order valence-electron chi connectivity index (χ1n) is 11.1. The van der Waals surface area contributed by atoms with Gasteiger partial charge in [0.2, 0.25) is 0 Å². The van der Waals surface area contributed by atoms with E-state index in [1.54, 1.807) is 6.07 Å². The highest BCUT2D eigenvalue weighted by Gasteiger charge is 2.39. The number of sulfone groups is 1. The van der Waals surface area contributed by atoms with Gasteiger partial charge in [-0.05, 0) is 55.7 Å². The third kappa shape index (κ3) is 5.41. The Labute approximate surface area is 210 Å². The van der Waals surface area contributed by atoms with Gasteiger partial charge in [0.05, 0.1) is 4.90 Å². The lowest BCUT2D eigenvalue weighted by atomic mass is 9.68. The van der Waals surface area contributed by atoms with Gasteiger partial charge in [0, 0.05) is 23.1 Å². The van der Waals surface area contributed by atoms with Gasteiger partial charge in [0.25, 0.3) is 17.7 Å². The number of nitrogens with one attached hydrogen (secondary N) is 1. The maximum Gasteiger partial charge on any atom is 0.435 e. The molecule has 0 unspecified atom stereocenters. The number of anilines is 1. The molecule has 0 bridgehead atoms. The number of nitrogens with zero attached hydrogens (tertiary/aromatic N) is 3. The van der Waals surface area contributed by atoms with E-state index in [9.17, 15) is 30.8 Å². The summed E-state index contributed by atoms with van der Waals surface area (Å²) in [5, 5.41) is 8.91. The van der Waals surface area contributed by atoms with Crippen LogP contribution in [-0.4, -0.2) is 35.8 Å². The number of halogens is 4. The highest BCUT2D eigenvalue weighted by Crippen LogP contribution is 2.43. The summed E-state index contributed by atoms with van der Waals surface area (Å²) < 4.78 is 84.4. The third-order valence-electron chi connectivity index (χ3n) is 6.30. The predicted octanol–water partition coefficient (Wildman–Crippen LogP) is 5.23. The molecular formula is C24H22F4N4O4S. The van der Waals surface area contributed by atoms with Gasteiger partial charge in [-0.3, -0.25) is 4.79 Å². The maximum atomic E-state index is 14.8. The summed E-state index contributed by atoms with van der Waals surface area (Å²) in [5.74, 6) is -3.23. The Hall–Kier alpha value is -3.61. The number of pyridine rings is 1. The van der Waals surface area contributed by atoms with Gasteiger partial charge < -0.3 is 10.1 Å². The van der Waals surface area contributed by atoms with Crippen molar-refractivity contribution in [1.82, 2.24) is 15.2 Å². The van der Waals surface area contributed by atoms with Crippen LogP contribution in [0.3, 0.4) is 0 Å². The molecule has 0 saturated heterocycles. The van der Waals surface area contributed by atoms with E-state index < -0.39 is 56.3 Å². The van der Waals surface area contributed by atoms with E-state index in [2.05, 4.69) is 20.5 Å². The lowest BCUT2D eigenvalue weighted by molar-refractivity contribution is -0.142. The number of ether oxygens (including phenoxy) is 1. The quantitative estimate of drug-likeness (QED) is 0.338. The smallest absolute Gasteiger partial charge is 0.432 e. The van der Waals surface area contributed by atoms with Gasteiger partial charge in [-0.1, -0.05) is 19.4 Å². The molecule has 1 amide bonds. The predicted molar refractivity (Wildman–Crippen MR) is 125 cm³/mol. The van der Waals surface area contributed by atoms with E-state index >= 15 is 0 Å². The van der Waals surface area contributed by atoms with Gasteiger partial charge in [0.15, 0.2) is 21.3 Å². The Balaban J connectivity index is 1.73.